The van der Waals surface area contributed by atoms with Crippen LogP contribution in [-0.2, 0) is 0 Å². The quantitative estimate of drug-likeness (QED) is 0.756. The molecule has 0 bridgehead atoms. The molecule has 1 N–H and O–H groups in total. The summed E-state index contributed by atoms with van der Waals surface area (Å²) in [6, 6.07) is 7.99. The minimum atomic E-state index is 0.285. The maximum atomic E-state index is 9.27. The van der Waals surface area contributed by atoms with E-state index >= 15 is 0 Å². The molecule has 0 saturated heterocycles. The van der Waals surface area contributed by atoms with E-state index < -0.39 is 0 Å². The zero-order valence-corrected chi connectivity index (χ0v) is 11.4. The van der Waals surface area contributed by atoms with E-state index in [0.717, 1.165) is 18.6 Å². The molecule has 0 fully saturated rings. The van der Waals surface area contributed by atoms with E-state index in [4.69, 9.17) is 4.74 Å². The molecule has 0 aliphatic heterocycles. The topological polar surface area (TPSA) is 29.5 Å². The molecule has 1 atom stereocenters. The van der Waals surface area contributed by atoms with Crippen LogP contribution in [0.15, 0.2) is 30.3 Å². The number of benzene rings is 1. The molecule has 18 heavy (non-hydrogen) atoms. The Morgan fingerprint density at radius 1 is 1.28 bits per heavy atom. The molecule has 1 aromatic rings. The number of rotatable bonds is 8. The Kier molecular flexibility index (Phi) is 7.19. The largest absolute Gasteiger partial charge is 0.497 e. The Hall–Kier alpha value is -1.28. The molecule has 0 heterocycles. The van der Waals surface area contributed by atoms with Gasteiger partial charge in [-0.2, -0.15) is 0 Å². The molecule has 0 unspecified atom stereocenters. The van der Waals surface area contributed by atoms with E-state index in [2.05, 4.69) is 19.1 Å². The molecule has 0 aromatic heterocycles. The van der Waals surface area contributed by atoms with Gasteiger partial charge in [0.1, 0.15) is 5.75 Å². The maximum absolute atomic E-state index is 9.27. The predicted molar refractivity (Wildman–Crippen MR) is 76.7 cm³/mol. The first-order valence-corrected chi connectivity index (χ1v) is 6.71. The van der Waals surface area contributed by atoms with Crippen LogP contribution in [0.2, 0.25) is 0 Å². The zero-order chi connectivity index (χ0) is 13.2. The van der Waals surface area contributed by atoms with Crippen molar-refractivity contribution >= 4 is 6.08 Å². The van der Waals surface area contributed by atoms with Crippen molar-refractivity contribution in [1.29, 1.82) is 0 Å². The van der Waals surface area contributed by atoms with Crippen LogP contribution in [0, 0.1) is 5.92 Å². The lowest BCUT2D eigenvalue weighted by molar-refractivity contribution is 0.217. The van der Waals surface area contributed by atoms with Crippen LogP contribution < -0.4 is 4.74 Å². The van der Waals surface area contributed by atoms with Crippen LogP contribution in [0.4, 0.5) is 0 Å². The number of unbranched alkanes of at least 4 members (excludes halogenated alkanes) is 1. The maximum Gasteiger partial charge on any atom is 0.118 e. The van der Waals surface area contributed by atoms with Gasteiger partial charge in [-0.05, 0) is 36.5 Å². The third kappa shape index (κ3) is 5.37. The number of methoxy groups -OCH3 is 1. The van der Waals surface area contributed by atoms with Crippen LogP contribution in [0.1, 0.15) is 38.2 Å². The number of hydrogen-bond donors (Lipinski definition) is 1. The van der Waals surface area contributed by atoms with Gasteiger partial charge in [0.25, 0.3) is 0 Å². The van der Waals surface area contributed by atoms with Gasteiger partial charge in [0, 0.05) is 6.61 Å². The zero-order valence-electron chi connectivity index (χ0n) is 11.4. The van der Waals surface area contributed by atoms with Gasteiger partial charge in [-0.15, -0.1) is 0 Å². The Balaban J connectivity index is 2.42. The monoisotopic (exact) mass is 248 g/mol. The van der Waals surface area contributed by atoms with Crippen molar-refractivity contribution in [3.8, 4) is 5.75 Å². The third-order valence-corrected chi connectivity index (χ3v) is 3.12. The number of aliphatic hydroxyl groups excluding tert-OH is 1. The van der Waals surface area contributed by atoms with Crippen LogP contribution in [-0.4, -0.2) is 18.8 Å². The van der Waals surface area contributed by atoms with Crippen LogP contribution >= 0.6 is 0 Å². The second-order valence-electron chi connectivity index (χ2n) is 4.60. The molecule has 2 heteroatoms. The lowest BCUT2D eigenvalue weighted by atomic mass is 9.99. The molecule has 0 radical (unpaired) electrons. The van der Waals surface area contributed by atoms with Crippen molar-refractivity contribution in [3.05, 3.63) is 35.9 Å². The fourth-order valence-corrected chi connectivity index (χ4v) is 1.89. The van der Waals surface area contributed by atoms with E-state index in [1.165, 1.54) is 18.4 Å². The van der Waals surface area contributed by atoms with E-state index in [1.54, 1.807) is 7.11 Å². The van der Waals surface area contributed by atoms with Crippen LogP contribution in [0.3, 0.4) is 0 Å². The van der Waals surface area contributed by atoms with E-state index in [-0.39, 0.29) is 6.61 Å². The van der Waals surface area contributed by atoms with Gasteiger partial charge in [0.2, 0.25) is 0 Å². The lowest BCUT2D eigenvalue weighted by Crippen LogP contribution is -2.04. The molecule has 0 aliphatic rings. The van der Waals surface area contributed by atoms with Crippen molar-refractivity contribution in [1.82, 2.24) is 0 Å². The number of allylic oxidation sites excluding steroid dienone is 1. The molecule has 0 saturated carbocycles. The van der Waals surface area contributed by atoms with Gasteiger partial charge >= 0.3 is 0 Å². The SMILES string of the molecule is CCCC[C@@H](CO)C/C=C/c1ccc(OC)cc1. The minimum absolute atomic E-state index is 0.285. The fraction of sp³-hybridized carbons (Fsp3) is 0.500. The van der Waals surface area contributed by atoms with Crippen molar-refractivity contribution in [3.63, 3.8) is 0 Å². The highest BCUT2D eigenvalue weighted by Crippen LogP contribution is 2.15. The second-order valence-corrected chi connectivity index (χ2v) is 4.60. The summed E-state index contributed by atoms with van der Waals surface area (Å²) in [5.41, 5.74) is 1.17. The van der Waals surface area contributed by atoms with Gasteiger partial charge in [-0.25, -0.2) is 0 Å². The summed E-state index contributed by atoms with van der Waals surface area (Å²) in [6.45, 7) is 2.47. The Labute approximate surface area is 110 Å². The molecule has 0 spiro atoms. The average Bonchev–Trinajstić information content (AvgIpc) is 2.43. The standard InChI is InChI=1S/C16H24O2/c1-3-4-6-15(13-17)8-5-7-14-9-11-16(18-2)12-10-14/h5,7,9-12,15,17H,3-4,6,8,13H2,1-2H3/b7-5+/t15-/m1/s1. The second kappa shape index (κ2) is 8.76. The van der Waals surface area contributed by atoms with E-state index in [1.807, 2.05) is 24.3 Å². The molecular formula is C16H24O2. The van der Waals surface area contributed by atoms with Crippen molar-refractivity contribution in [2.75, 3.05) is 13.7 Å². The van der Waals surface area contributed by atoms with Crippen molar-refractivity contribution < 1.29 is 9.84 Å². The first kappa shape index (κ1) is 14.8. The van der Waals surface area contributed by atoms with Gasteiger partial charge in [-0.3, -0.25) is 0 Å². The first-order chi connectivity index (χ1) is 8.80. The summed E-state index contributed by atoms with van der Waals surface area (Å²) in [6.07, 6.45) is 8.70. The molecule has 1 rings (SSSR count). The highest BCUT2D eigenvalue weighted by atomic mass is 16.5. The van der Waals surface area contributed by atoms with E-state index in [0.29, 0.717) is 5.92 Å². The normalized spacial score (nSPS) is 12.8. The fourth-order valence-electron chi connectivity index (χ4n) is 1.89. The molecule has 100 valence electrons. The predicted octanol–water partition coefficient (Wildman–Crippen LogP) is 3.90. The summed E-state index contributed by atoms with van der Waals surface area (Å²) >= 11 is 0. The minimum Gasteiger partial charge on any atom is -0.497 e. The molecule has 0 amide bonds. The Morgan fingerprint density at radius 2 is 2.00 bits per heavy atom. The smallest absolute Gasteiger partial charge is 0.118 e. The molecule has 0 aliphatic carbocycles. The summed E-state index contributed by atoms with van der Waals surface area (Å²) in [5, 5.41) is 9.27. The van der Waals surface area contributed by atoms with Crippen molar-refractivity contribution in [2.24, 2.45) is 5.92 Å². The lowest BCUT2D eigenvalue weighted by Gasteiger charge is -2.10. The van der Waals surface area contributed by atoms with E-state index in [9.17, 15) is 5.11 Å². The van der Waals surface area contributed by atoms with Gasteiger partial charge in [0.15, 0.2) is 0 Å². The van der Waals surface area contributed by atoms with Gasteiger partial charge < -0.3 is 9.84 Å². The summed E-state index contributed by atoms with van der Waals surface area (Å²) in [5.74, 6) is 1.28. The van der Waals surface area contributed by atoms with Crippen LogP contribution in [0.5, 0.6) is 5.75 Å². The number of ether oxygens (including phenoxy) is 1. The molecule has 2 nitrogen and oxygen atoms in total. The third-order valence-electron chi connectivity index (χ3n) is 3.12. The van der Waals surface area contributed by atoms with Crippen LogP contribution in [0.25, 0.3) is 6.08 Å². The summed E-state index contributed by atoms with van der Waals surface area (Å²) < 4.78 is 5.12. The first-order valence-electron chi connectivity index (χ1n) is 6.71. The number of aliphatic hydroxyl groups is 1. The highest BCUT2D eigenvalue weighted by molar-refractivity contribution is 5.50. The number of hydrogen-bond acceptors (Lipinski definition) is 2. The summed E-state index contributed by atoms with van der Waals surface area (Å²) in [7, 11) is 1.67. The van der Waals surface area contributed by atoms with Gasteiger partial charge in [0.05, 0.1) is 7.11 Å². The average molecular weight is 248 g/mol. The summed E-state index contributed by atoms with van der Waals surface area (Å²) in [4.78, 5) is 0. The highest BCUT2D eigenvalue weighted by Gasteiger charge is 2.03. The Bertz CT molecular complexity index is 341. The van der Waals surface area contributed by atoms with Gasteiger partial charge in [-0.1, -0.05) is 44.1 Å². The Morgan fingerprint density at radius 3 is 2.56 bits per heavy atom. The van der Waals surface area contributed by atoms with Crippen molar-refractivity contribution in [2.45, 2.75) is 32.6 Å². The molecule has 1 aromatic carbocycles. The molecular weight excluding hydrogens is 224 g/mol.